The Hall–Kier alpha value is -3.71. The van der Waals surface area contributed by atoms with Crippen LogP contribution in [0.4, 0.5) is 5.69 Å². The van der Waals surface area contributed by atoms with Crippen molar-refractivity contribution in [3.8, 4) is 16.9 Å². The van der Waals surface area contributed by atoms with Gasteiger partial charge in [0.1, 0.15) is 5.75 Å². The van der Waals surface area contributed by atoms with Crippen LogP contribution >= 0.6 is 0 Å². The van der Waals surface area contributed by atoms with E-state index in [-0.39, 0.29) is 11.8 Å². The minimum absolute atomic E-state index is 0.0394. The summed E-state index contributed by atoms with van der Waals surface area (Å²) in [5, 5.41) is 6.10. The Labute approximate surface area is 181 Å². The molecule has 0 unspecified atom stereocenters. The molecule has 0 saturated carbocycles. The normalized spacial score (nSPS) is 13.5. The van der Waals surface area contributed by atoms with E-state index in [9.17, 15) is 9.59 Å². The molecule has 1 fully saturated rings. The number of nitrogens with zero attached hydrogens (tertiary/aromatic N) is 2. The van der Waals surface area contributed by atoms with E-state index < -0.39 is 0 Å². The van der Waals surface area contributed by atoms with Gasteiger partial charge in [0.25, 0.3) is 11.8 Å². The fourth-order valence-corrected chi connectivity index (χ4v) is 3.48. The van der Waals surface area contributed by atoms with E-state index in [0.29, 0.717) is 22.6 Å². The van der Waals surface area contributed by atoms with E-state index in [1.54, 1.807) is 31.5 Å². The number of pyridine rings is 1. The average Bonchev–Trinajstić information content (AvgIpc) is 2.84. The summed E-state index contributed by atoms with van der Waals surface area (Å²) in [6, 6.07) is 16.4. The predicted octanol–water partition coefficient (Wildman–Crippen LogP) is 3.05. The van der Waals surface area contributed by atoms with Gasteiger partial charge in [-0.15, -0.1) is 0 Å². The van der Waals surface area contributed by atoms with Crippen molar-refractivity contribution in [2.75, 3.05) is 38.6 Å². The number of methoxy groups -OCH3 is 1. The molecule has 1 aliphatic heterocycles. The van der Waals surface area contributed by atoms with Gasteiger partial charge in [-0.2, -0.15) is 0 Å². The second kappa shape index (κ2) is 9.40. The fourth-order valence-electron chi connectivity index (χ4n) is 3.48. The minimum atomic E-state index is -0.256. The first-order valence-electron chi connectivity index (χ1n) is 10.1. The van der Waals surface area contributed by atoms with Crippen LogP contribution < -0.4 is 15.4 Å². The molecule has 0 bridgehead atoms. The van der Waals surface area contributed by atoms with Crippen LogP contribution in [0.25, 0.3) is 11.1 Å². The Morgan fingerprint density at radius 1 is 0.968 bits per heavy atom. The molecule has 2 aromatic carbocycles. The van der Waals surface area contributed by atoms with Crippen LogP contribution in [-0.4, -0.2) is 55.0 Å². The lowest BCUT2D eigenvalue weighted by Crippen LogP contribution is -2.46. The average molecular weight is 416 g/mol. The molecule has 7 nitrogen and oxygen atoms in total. The molecule has 7 heteroatoms. The van der Waals surface area contributed by atoms with Crippen molar-refractivity contribution in [3.63, 3.8) is 0 Å². The minimum Gasteiger partial charge on any atom is -0.497 e. The van der Waals surface area contributed by atoms with E-state index in [1.807, 2.05) is 41.3 Å². The number of carbonyl (C=O) groups is 2. The molecule has 1 saturated heterocycles. The van der Waals surface area contributed by atoms with Crippen molar-refractivity contribution < 1.29 is 14.3 Å². The van der Waals surface area contributed by atoms with E-state index in [4.69, 9.17) is 4.74 Å². The van der Waals surface area contributed by atoms with Gasteiger partial charge in [-0.05, 0) is 35.9 Å². The van der Waals surface area contributed by atoms with Gasteiger partial charge in [0.2, 0.25) is 0 Å². The number of nitrogens with one attached hydrogen (secondary N) is 2. The number of anilines is 1. The third-order valence-electron chi connectivity index (χ3n) is 5.20. The van der Waals surface area contributed by atoms with Gasteiger partial charge in [-0.1, -0.05) is 18.2 Å². The molecule has 1 aromatic heterocycles. The number of aromatic nitrogens is 1. The highest BCUT2D eigenvalue weighted by Gasteiger charge is 2.18. The van der Waals surface area contributed by atoms with Gasteiger partial charge < -0.3 is 20.3 Å². The lowest BCUT2D eigenvalue weighted by atomic mass is 10.0. The van der Waals surface area contributed by atoms with Crippen LogP contribution in [0.5, 0.6) is 5.75 Å². The molecular formula is C24H24N4O3. The van der Waals surface area contributed by atoms with Crippen molar-refractivity contribution in [1.29, 1.82) is 0 Å². The van der Waals surface area contributed by atoms with Crippen molar-refractivity contribution >= 4 is 17.5 Å². The van der Waals surface area contributed by atoms with Crippen LogP contribution in [0.2, 0.25) is 0 Å². The first-order valence-corrected chi connectivity index (χ1v) is 10.1. The number of carbonyl (C=O) groups excluding carboxylic acids is 2. The maximum Gasteiger partial charge on any atom is 0.257 e. The molecule has 2 amide bonds. The summed E-state index contributed by atoms with van der Waals surface area (Å²) in [6.07, 6.45) is 3.23. The molecule has 158 valence electrons. The lowest BCUT2D eigenvalue weighted by molar-refractivity contribution is 0.0735. The zero-order valence-electron chi connectivity index (χ0n) is 17.3. The SMILES string of the molecule is COc1cccc(NC(=O)c2cncc(-c3ccc(C(=O)N4CCNCC4)cc3)c2)c1. The van der Waals surface area contributed by atoms with Gasteiger partial charge in [-0.25, -0.2) is 0 Å². The molecule has 3 aromatic rings. The van der Waals surface area contributed by atoms with Crippen molar-refractivity contribution in [3.05, 3.63) is 78.1 Å². The maximum atomic E-state index is 12.7. The topological polar surface area (TPSA) is 83.6 Å². The third-order valence-corrected chi connectivity index (χ3v) is 5.20. The summed E-state index contributed by atoms with van der Waals surface area (Å²) in [5.41, 5.74) is 3.44. The zero-order chi connectivity index (χ0) is 21.6. The highest BCUT2D eigenvalue weighted by atomic mass is 16.5. The fraction of sp³-hybridized carbons (Fsp3) is 0.208. The van der Waals surface area contributed by atoms with E-state index >= 15 is 0 Å². The van der Waals surface area contributed by atoms with Crippen molar-refractivity contribution in [2.45, 2.75) is 0 Å². The quantitative estimate of drug-likeness (QED) is 0.668. The Morgan fingerprint density at radius 2 is 1.74 bits per heavy atom. The number of rotatable bonds is 5. The largest absolute Gasteiger partial charge is 0.497 e. The first kappa shape index (κ1) is 20.6. The molecule has 0 spiro atoms. The predicted molar refractivity (Wildman–Crippen MR) is 119 cm³/mol. The first-order chi connectivity index (χ1) is 15.1. The van der Waals surface area contributed by atoms with Crippen LogP contribution in [0.3, 0.4) is 0 Å². The molecule has 31 heavy (non-hydrogen) atoms. The smallest absolute Gasteiger partial charge is 0.257 e. The zero-order valence-corrected chi connectivity index (χ0v) is 17.3. The molecular weight excluding hydrogens is 392 g/mol. The number of hydrogen-bond acceptors (Lipinski definition) is 5. The van der Waals surface area contributed by atoms with Gasteiger partial charge >= 0.3 is 0 Å². The van der Waals surface area contributed by atoms with Crippen LogP contribution in [0.15, 0.2) is 67.0 Å². The van der Waals surface area contributed by atoms with Crippen LogP contribution in [0.1, 0.15) is 20.7 Å². The highest BCUT2D eigenvalue weighted by molar-refractivity contribution is 6.04. The van der Waals surface area contributed by atoms with Crippen LogP contribution in [0, 0.1) is 0 Å². The summed E-state index contributed by atoms with van der Waals surface area (Å²) in [4.78, 5) is 31.4. The molecule has 2 N–H and O–H groups in total. The van der Waals surface area contributed by atoms with E-state index in [2.05, 4.69) is 15.6 Å². The number of amides is 2. The molecule has 0 atom stereocenters. The summed E-state index contributed by atoms with van der Waals surface area (Å²) in [6.45, 7) is 3.07. The Balaban J connectivity index is 1.48. The molecule has 2 heterocycles. The molecule has 1 aliphatic rings. The van der Waals surface area contributed by atoms with Crippen molar-refractivity contribution in [2.24, 2.45) is 0 Å². The number of piperazine rings is 1. The highest BCUT2D eigenvalue weighted by Crippen LogP contribution is 2.22. The third kappa shape index (κ3) is 4.90. The summed E-state index contributed by atoms with van der Waals surface area (Å²) < 4.78 is 5.19. The molecule has 4 rings (SSSR count). The van der Waals surface area contributed by atoms with E-state index in [0.717, 1.165) is 37.3 Å². The number of ether oxygens (including phenoxy) is 1. The second-order valence-corrected chi connectivity index (χ2v) is 7.27. The van der Waals surface area contributed by atoms with Gasteiger partial charge in [-0.3, -0.25) is 14.6 Å². The summed E-state index contributed by atoms with van der Waals surface area (Å²) >= 11 is 0. The maximum absolute atomic E-state index is 12.7. The second-order valence-electron chi connectivity index (χ2n) is 7.27. The number of hydrogen-bond donors (Lipinski definition) is 2. The Bertz CT molecular complexity index is 1080. The van der Waals surface area contributed by atoms with Gasteiger partial charge in [0.05, 0.1) is 12.7 Å². The number of benzene rings is 2. The standard InChI is InChI=1S/C24H24N4O3/c1-31-22-4-2-3-21(14-22)27-23(29)20-13-19(15-26-16-20)17-5-7-18(8-6-17)24(30)28-11-9-25-10-12-28/h2-8,13-16,25H,9-12H2,1H3,(H,27,29). The molecule has 0 radical (unpaired) electrons. The van der Waals surface area contributed by atoms with Gasteiger partial charge in [0.15, 0.2) is 0 Å². The van der Waals surface area contributed by atoms with Gasteiger partial charge in [0, 0.05) is 61.5 Å². The lowest BCUT2D eigenvalue weighted by Gasteiger charge is -2.27. The van der Waals surface area contributed by atoms with Crippen molar-refractivity contribution in [1.82, 2.24) is 15.2 Å². The summed E-state index contributed by atoms with van der Waals surface area (Å²) in [5.74, 6) is 0.450. The molecule has 0 aliphatic carbocycles. The Morgan fingerprint density at radius 3 is 2.48 bits per heavy atom. The Kier molecular flexibility index (Phi) is 6.24. The van der Waals surface area contributed by atoms with Crippen LogP contribution in [-0.2, 0) is 0 Å². The van der Waals surface area contributed by atoms with E-state index in [1.165, 1.54) is 6.20 Å². The summed E-state index contributed by atoms with van der Waals surface area (Å²) in [7, 11) is 1.58. The monoisotopic (exact) mass is 416 g/mol.